The Kier molecular flexibility index (Phi) is 8.29. The average molecular weight is 509 g/mol. The molecule has 0 unspecified atom stereocenters. The summed E-state index contributed by atoms with van der Waals surface area (Å²) in [5, 5.41) is 2.80. The molecule has 1 saturated heterocycles. The van der Waals surface area contributed by atoms with E-state index in [1.807, 2.05) is 6.07 Å². The number of nitrogens with zero attached hydrogens (tertiary/aromatic N) is 5. The Morgan fingerprint density at radius 1 is 0.944 bits per heavy atom. The van der Waals surface area contributed by atoms with Gasteiger partial charge in [-0.25, -0.2) is 18.4 Å². The minimum atomic E-state index is -3.57. The molecule has 2 heterocycles. The monoisotopic (exact) mass is 508 g/mol. The third-order valence-corrected chi connectivity index (χ3v) is 8.36. The van der Waals surface area contributed by atoms with Crippen LogP contribution in [0.15, 0.2) is 71.9 Å². The molecule has 4 rings (SSSR count). The lowest BCUT2D eigenvalue weighted by Gasteiger charge is -2.35. The van der Waals surface area contributed by atoms with Gasteiger partial charge in [-0.1, -0.05) is 44.2 Å². The van der Waals surface area contributed by atoms with Gasteiger partial charge in [0.2, 0.25) is 10.0 Å². The summed E-state index contributed by atoms with van der Waals surface area (Å²) in [5.74, 6) is 0.802. The Hall–Kier alpha value is -3.34. The normalized spacial score (nSPS) is 14.7. The quantitative estimate of drug-likeness (QED) is 0.474. The fourth-order valence-electron chi connectivity index (χ4n) is 4.24. The van der Waals surface area contributed by atoms with E-state index in [9.17, 15) is 13.2 Å². The molecule has 0 atom stereocenters. The van der Waals surface area contributed by atoms with Gasteiger partial charge in [0, 0.05) is 57.4 Å². The molecule has 0 aliphatic carbocycles. The molecule has 1 N–H and O–H groups in total. The van der Waals surface area contributed by atoms with E-state index >= 15 is 0 Å². The smallest absolute Gasteiger partial charge is 0.256 e. The lowest BCUT2D eigenvalue weighted by atomic mass is 10.2. The van der Waals surface area contributed by atoms with Gasteiger partial charge in [-0.15, -0.1) is 0 Å². The molecule has 0 radical (unpaired) electrons. The molecule has 190 valence electrons. The number of anilines is 2. The molecule has 36 heavy (non-hydrogen) atoms. The predicted octanol–water partition coefficient (Wildman–Crippen LogP) is 3.08. The topological polar surface area (TPSA) is 98.7 Å². The lowest BCUT2D eigenvalue weighted by molar-refractivity contribution is 0.102. The maximum absolute atomic E-state index is 12.8. The first-order chi connectivity index (χ1) is 17.4. The highest BCUT2D eigenvalue weighted by atomic mass is 32.2. The van der Waals surface area contributed by atoms with Gasteiger partial charge in [0.25, 0.3) is 5.91 Å². The van der Waals surface area contributed by atoms with Gasteiger partial charge in [0.15, 0.2) is 0 Å². The number of benzene rings is 2. The van der Waals surface area contributed by atoms with Crippen LogP contribution >= 0.6 is 0 Å². The van der Waals surface area contributed by atoms with Crippen molar-refractivity contribution in [2.45, 2.75) is 25.3 Å². The Bertz CT molecular complexity index is 1260. The van der Waals surface area contributed by atoms with Gasteiger partial charge in [0.05, 0.1) is 4.90 Å². The number of carbonyl (C=O) groups is 1. The number of carbonyl (C=O) groups excluding carboxylic acids is 1. The minimum absolute atomic E-state index is 0.165. The Labute approximate surface area is 212 Å². The first kappa shape index (κ1) is 25.7. The number of hydrogen-bond donors (Lipinski definition) is 1. The molecule has 1 aromatic heterocycles. The first-order valence-electron chi connectivity index (χ1n) is 12.2. The molecule has 0 spiro atoms. The molecular weight excluding hydrogens is 476 g/mol. The molecule has 3 aromatic rings. The van der Waals surface area contributed by atoms with Crippen LogP contribution in [0.5, 0.6) is 0 Å². The van der Waals surface area contributed by atoms with Crippen LogP contribution in [0.25, 0.3) is 0 Å². The largest absolute Gasteiger partial charge is 0.354 e. The highest BCUT2D eigenvalue weighted by molar-refractivity contribution is 7.89. The van der Waals surface area contributed by atoms with Gasteiger partial charge in [-0.05, 0) is 29.8 Å². The molecule has 1 fully saturated rings. The summed E-state index contributed by atoms with van der Waals surface area (Å²) in [6.45, 7) is 8.80. The van der Waals surface area contributed by atoms with Crippen molar-refractivity contribution < 1.29 is 13.2 Å². The van der Waals surface area contributed by atoms with E-state index < -0.39 is 10.0 Å². The summed E-state index contributed by atoms with van der Waals surface area (Å²) < 4.78 is 26.7. The molecule has 1 aliphatic rings. The van der Waals surface area contributed by atoms with Gasteiger partial charge < -0.3 is 10.2 Å². The first-order valence-corrected chi connectivity index (χ1v) is 13.6. The summed E-state index contributed by atoms with van der Waals surface area (Å²) in [6.07, 6.45) is 1.45. The zero-order valence-corrected chi connectivity index (χ0v) is 21.5. The second-order valence-corrected chi connectivity index (χ2v) is 10.5. The molecule has 10 heteroatoms. The lowest BCUT2D eigenvalue weighted by Crippen LogP contribution is -2.46. The average Bonchev–Trinajstić information content (AvgIpc) is 2.90. The summed E-state index contributed by atoms with van der Waals surface area (Å²) in [6, 6.07) is 18.2. The number of aromatic nitrogens is 2. The fourth-order valence-corrected chi connectivity index (χ4v) is 5.70. The van der Waals surface area contributed by atoms with E-state index in [1.165, 1.54) is 40.5 Å². The molecule has 2 aromatic carbocycles. The van der Waals surface area contributed by atoms with Crippen LogP contribution in [-0.4, -0.2) is 72.8 Å². The van der Waals surface area contributed by atoms with Crippen molar-refractivity contribution in [3.05, 3.63) is 78.1 Å². The Morgan fingerprint density at radius 3 is 2.25 bits per heavy atom. The molecule has 1 amide bonds. The second kappa shape index (κ2) is 11.6. The minimum Gasteiger partial charge on any atom is -0.354 e. The van der Waals surface area contributed by atoms with E-state index in [0.29, 0.717) is 24.5 Å². The van der Waals surface area contributed by atoms with E-state index in [-0.39, 0.29) is 10.8 Å². The highest BCUT2D eigenvalue weighted by Crippen LogP contribution is 2.19. The van der Waals surface area contributed by atoms with Crippen molar-refractivity contribution in [3.8, 4) is 0 Å². The third-order valence-electron chi connectivity index (χ3n) is 6.30. The molecular formula is C26H32N6O3S. The van der Waals surface area contributed by atoms with Crippen molar-refractivity contribution in [1.29, 1.82) is 0 Å². The van der Waals surface area contributed by atoms with Crippen LogP contribution in [0, 0.1) is 0 Å². The number of sulfonamides is 1. The van der Waals surface area contributed by atoms with Crippen molar-refractivity contribution >= 4 is 27.6 Å². The number of nitrogens with one attached hydrogen (secondary N) is 1. The summed E-state index contributed by atoms with van der Waals surface area (Å²) in [5.41, 5.74) is 1.65. The second-order valence-electron chi connectivity index (χ2n) is 8.58. The third kappa shape index (κ3) is 6.07. The van der Waals surface area contributed by atoms with Crippen molar-refractivity contribution in [3.63, 3.8) is 0 Å². The van der Waals surface area contributed by atoms with Crippen molar-refractivity contribution in [1.82, 2.24) is 19.2 Å². The SMILES string of the molecule is CCN(CC)S(=O)(=O)c1ccc(C(=O)Nc2cc(N3CCN(Cc4ccccc4)CC3)ncn2)cc1. The molecule has 0 bridgehead atoms. The van der Waals surface area contributed by atoms with Crippen LogP contribution in [0.4, 0.5) is 11.6 Å². The number of amides is 1. The van der Waals surface area contributed by atoms with E-state index in [2.05, 4.69) is 49.4 Å². The van der Waals surface area contributed by atoms with E-state index in [0.717, 1.165) is 38.5 Å². The standard InChI is InChI=1S/C26H32N6O3S/c1-3-32(4-2)36(34,35)23-12-10-22(11-13-23)26(33)29-24-18-25(28-20-27-24)31-16-14-30(15-17-31)19-21-8-6-5-7-9-21/h5-13,18,20H,3-4,14-17,19H2,1-2H3,(H,27,28,29,33). The number of piperazine rings is 1. The van der Waals surface area contributed by atoms with Gasteiger partial charge in [0.1, 0.15) is 18.0 Å². The van der Waals surface area contributed by atoms with Gasteiger partial charge in [-0.2, -0.15) is 4.31 Å². The zero-order chi connectivity index (χ0) is 25.5. The maximum Gasteiger partial charge on any atom is 0.256 e. The zero-order valence-electron chi connectivity index (χ0n) is 20.7. The molecule has 9 nitrogen and oxygen atoms in total. The van der Waals surface area contributed by atoms with Gasteiger partial charge in [-0.3, -0.25) is 9.69 Å². The maximum atomic E-state index is 12.8. The number of rotatable bonds is 9. The van der Waals surface area contributed by atoms with Crippen LogP contribution in [0.2, 0.25) is 0 Å². The van der Waals surface area contributed by atoms with Crippen LogP contribution < -0.4 is 10.2 Å². The van der Waals surface area contributed by atoms with E-state index in [1.54, 1.807) is 19.9 Å². The fraction of sp³-hybridized carbons (Fsp3) is 0.346. The number of hydrogen-bond acceptors (Lipinski definition) is 7. The van der Waals surface area contributed by atoms with Crippen molar-refractivity contribution in [2.24, 2.45) is 0 Å². The highest BCUT2D eigenvalue weighted by Gasteiger charge is 2.22. The van der Waals surface area contributed by atoms with E-state index in [4.69, 9.17) is 0 Å². The Balaban J connectivity index is 1.36. The summed E-state index contributed by atoms with van der Waals surface area (Å²) in [7, 11) is -3.57. The molecule has 0 saturated carbocycles. The molecule has 1 aliphatic heterocycles. The van der Waals surface area contributed by atoms with Crippen LogP contribution in [-0.2, 0) is 16.6 Å². The summed E-state index contributed by atoms with van der Waals surface area (Å²) >= 11 is 0. The van der Waals surface area contributed by atoms with Crippen molar-refractivity contribution in [2.75, 3.05) is 49.5 Å². The predicted molar refractivity (Wildman–Crippen MR) is 140 cm³/mol. The van der Waals surface area contributed by atoms with Gasteiger partial charge >= 0.3 is 0 Å². The van der Waals surface area contributed by atoms with Crippen LogP contribution in [0.1, 0.15) is 29.8 Å². The van der Waals surface area contributed by atoms with Crippen LogP contribution in [0.3, 0.4) is 0 Å². The summed E-state index contributed by atoms with van der Waals surface area (Å²) in [4.78, 5) is 26.1. The Morgan fingerprint density at radius 2 is 1.61 bits per heavy atom.